The SMILES string of the molecule is Cc1cc2c(c(C)c1NC(=O)CC1CC(F)(F)C1)CCN(c1ccc(N(C)C)cc1)C2. The molecule has 0 aromatic heterocycles. The molecule has 1 aliphatic carbocycles. The van der Waals surface area contributed by atoms with Gasteiger partial charge in [0.15, 0.2) is 0 Å². The van der Waals surface area contributed by atoms with E-state index in [0.717, 1.165) is 36.3 Å². The highest BCUT2D eigenvalue weighted by molar-refractivity contribution is 5.93. The van der Waals surface area contributed by atoms with Gasteiger partial charge in [-0.2, -0.15) is 0 Å². The molecule has 1 heterocycles. The maximum absolute atomic E-state index is 13.1. The molecule has 0 saturated heterocycles. The number of nitrogens with zero attached hydrogens (tertiary/aromatic N) is 2. The topological polar surface area (TPSA) is 35.6 Å². The van der Waals surface area contributed by atoms with Gasteiger partial charge in [-0.05, 0) is 72.7 Å². The Balaban J connectivity index is 1.46. The molecule has 1 saturated carbocycles. The molecule has 31 heavy (non-hydrogen) atoms. The van der Waals surface area contributed by atoms with Gasteiger partial charge < -0.3 is 15.1 Å². The van der Waals surface area contributed by atoms with E-state index in [4.69, 9.17) is 0 Å². The summed E-state index contributed by atoms with van der Waals surface area (Å²) in [6, 6.07) is 10.8. The summed E-state index contributed by atoms with van der Waals surface area (Å²) in [6.07, 6.45) is 0.735. The van der Waals surface area contributed by atoms with Gasteiger partial charge in [-0.3, -0.25) is 4.79 Å². The number of hydrogen-bond acceptors (Lipinski definition) is 3. The minimum absolute atomic E-state index is 0.162. The summed E-state index contributed by atoms with van der Waals surface area (Å²) in [5.74, 6) is -2.95. The van der Waals surface area contributed by atoms with Crippen molar-refractivity contribution in [1.82, 2.24) is 0 Å². The molecule has 0 atom stereocenters. The zero-order valence-electron chi connectivity index (χ0n) is 18.8. The lowest BCUT2D eigenvalue weighted by Crippen LogP contribution is -2.37. The standard InChI is InChI=1S/C25H31F2N3O/c1-16-11-19-15-30(21-7-5-20(6-8-21)29(3)4)10-9-22(19)17(2)24(16)28-23(31)12-18-13-25(26,27)14-18/h5-8,11,18H,9-10,12-15H2,1-4H3,(H,28,31). The summed E-state index contributed by atoms with van der Waals surface area (Å²) in [4.78, 5) is 16.9. The Morgan fingerprint density at radius 1 is 1.19 bits per heavy atom. The van der Waals surface area contributed by atoms with Gasteiger partial charge in [-0.25, -0.2) is 8.78 Å². The first kappa shape index (κ1) is 21.6. The summed E-state index contributed by atoms with van der Waals surface area (Å²) >= 11 is 0. The van der Waals surface area contributed by atoms with Crippen LogP contribution in [0, 0.1) is 19.8 Å². The van der Waals surface area contributed by atoms with Crippen LogP contribution in [0.3, 0.4) is 0 Å². The van der Waals surface area contributed by atoms with E-state index in [-0.39, 0.29) is 31.1 Å². The molecule has 4 rings (SSSR count). The van der Waals surface area contributed by atoms with Gasteiger partial charge in [-0.15, -0.1) is 0 Å². The maximum Gasteiger partial charge on any atom is 0.248 e. The average Bonchev–Trinajstić information content (AvgIpc) is 2.69. The number of anilines is 3. The van der Waals surface area contributed by atoms with Crippen molar-refractivity contribution in [3.63, 3.8) is 0 Å². The number of carbonyl (C=O) groups is 1. The first-order chi connectivity index (χ1) is 14.6. The monoisotopic (exact) mass is 427 g/mol. The predicted octanol–water partition coefficient (Wildman–Crippen LogP) is 5.31. The van der Waals surface area contributed by atoms with Crippen molar-refractivity contribution in [3.05, 3.63) is 52.6 Å². The normalized spacial score (nSPS) is 17.7. The summed E-state index contributed by atoms with van der Waals surface area (Å²) in [5, 5.41) is 3.01. The number of hydrogen-bond donors (Lipinski definition) is 1. The molecule has 1 N–H and O–H groups in total. The Morgan fingerprint density at radius 2 is 1.87 bits per heavy atom. The number of halogens is 2. The second-order valence-corrected chi connectivity index (χ2v) is 9.30. The Morgan fingerprint density at radius 3 is 2.48 bits per heavy atom. The Kier molecular flexibility index (Phi) is 5.67. The van der Waals surface area contributed by atoms with E-state index >= 15 is 0 Å². The van der Waals surface area contributed by atoms with Crippen molar-refractivity contribution in [2.45, 2.75) is 52.0 Å². The third-order valence-electron chi connectivity index (χ3n) is 6.64. The van der Waals surface area contributed by atoms with Crippen LogP contribution in [-0.2, 0) is 17.8 Å². The highest BCUT2D eigenvalue weighted by Crippen LogP contribution is 2.44. The van der Waals surface area contributed by atoms with Crippen LogP contribution < -0.4 is 15.1 Å². The second kappa shape index (κ2) is 8.13. The molecule has 2 aromatic carbocycles. The van der Waals surface area contributed by atoms with Crippen molar-refractivity contribution >= 4 is 23.0 Å². The van der Waals surface area contributed by atoms with Crippen molar-refractivity contribution < 1.29 is 13.6 Å². The van der Waals surface area contributed by atoms with Gasteiger partial charge in [0, 0.05) is 63.5 Å². The summed E-state index contributed by atoms with van der Waals surface area (Å²) < 4.78 is 26.1. The number of alkyl halides is 2. The second-order valence-electron chi connectivity index (χ2n) is 9.30. The first-order valence-corrected chi connectivity index (χ1v) is 10.9. The summed E-state index contributed by atoms with van der Waals surface area (Å²) in [6.45, 7) is 5.82. The van der Waals surface area contributed by atoms with E-state index in [9.17, 15) is 13.6 Å². The first-order valence-electron chi connectivity index (χ1n) is 10.9. The Labute approximate surface area is 183 Å². The Hall–Kier alpha value is -2.63. The quantitative estimate of drug-likeness (QED) is 0.703. The molecule has 166 valence electrons. The molecule has 1 fully saturated rings. The van der Waals surface area contributed by atoms with Crippen LogP contribution in [0.5, 0.6) is 0 Å². The molecular weight excluding hydrogens is 396 g/mol. The third-order valence-corrected chi connectivity index (χ3v) is 6.64. The molecule has 4 nitrogen and oxygen atoms in total. The van der Waals surface area contributed by atoms with E-state index < -0.39 is 5.92 Å². The molecule has 2 aliphatic rings. The van der Waals surface area contributed by atoms with Crippen LogP contribution in [-0.4, -0.2) is 32.5 Å². The summed E-state index contributed by atoms with van der Waals surface area (Å²) in [5.41, 5.74) is 7.93. The number of carbonyl (C=O) groups excluding carboxylic acids is 1. The lowest BCUT2D eigenvalue weighted by atomic mass is 9.79. The fourth-order valence-electron chi connectivity index (χ4n) is 4.88. The zero-order chi connectivity index (χ0) is 22.3. The number of benzene rings is 2. The number of nitrogens with one attached hydrogen (secondary N) is 1. The fourth-order valence-corrected chi connectivity index (χ4v) is 4.88. The van der Waals surface area contributed by atoms with Crippen LogP contribution in [0.2, 0.25) is 0 Å². The predicted molar refractivity (Wildman–Crippen MR) is 122 cm³/mol. The lowest BCUT2D eigenvalue weighted by molar-refractivity contribution is -0.129. The van der Waals surface area contributed by atoms with Gasteiger partial charge in [0.05, 0.1) is 0 Å². The summed E-state index contributed by atoms with van der Waals surface area (Å²) in [7, 11) is 4.07. The minimum Gasteiger partial charge on any atom is -0.378 e. The van der Waals surface area contributed by atoms with Gasteiger partial charge in [0.1, 0.15) is 0 Å². The van der Waals surface area contributed by atoms with Crippen LogP contribution in [0.25, 0.3) is 0 Å². The van der Waals surface area contributed by atoms with Crippen molar-refractivity contribution in [1.29, 1.82) is 0 Å². The number of rotatable bonds is 5. The zero-order valence-corrected chi connectivity index (χ0v) is 18.8. The van der Waals surface area contributed by atoms with Crippen molar-refractivity contribution in [3.8, 4) is 0 Å². The molecule has 6 heteroatoms. The number of amides is 1. The van der Waals surface area contributed by atoms with E-state index in [1.807, 2.05) is 21.0 Å². The van der Waals surface area contributed by atoms with E-state index in [1.165, 1.54) is 22.5 Å². The van der Waals surface area contributed by atoms with Gasteiger partial charge in [0.25, 0.3) is 0 Å². The molecule has 1 aliphatic heterocycles. The van der Waals surface area contributed by atoms with E-state index in [0.29, 0.717) is 0 Å². The molecule has 0 spiro atoms. The van der Waals surface area contributed by atoms with Gasteiger partial charge >= 0.3 is 0 Å². The number of fused-ring (bicyclic) bond motifs is 1. The molecule has 0 bridgehead atoms. The van der Waals surface area contributed by atoms with Gasteiger partial charge in [0.2, 0.25) is 11.8 Å². The largest absolute Gasteiger partial charge is 0.378 e. The molecule has 0 radical (unpaired) electrons. The molecule has 0 unspecified atom stereocenters. The van der Waals surface area contributed by atoms with E-state index in [1.54, 1.807) is 0 Å². The molecular formula is C25H31F2N3O. The minimum atomic E-state index is -2.58. The van der Waals surface area contributed by atoms with E-state index in [2.05, 4.69) is 52.4 Å². The maximum atomic E-state index is 13.1. The lowest BCUT2D eigenvalue weighted by Gasteiger charge is -2.35. The molecule has 1 amide bonds. The Bertz CT molecular complexity index is 977. The highest BCUT2D eigenvalue weighted by atomic mass is 19.3. The van der Waals surface area contributed by atoms with Crippen LogP contribution in [0.1, 0.15) is 41.5 Å². The average molecular weight is 428 g/mol. The van der Waals surface area contributed by atoms with Crippen LogP contribution in [0.15, 0.2) is 30.3 Å². The van der Waals surface area contributed by atoms with Crippen LogP contribution >= 0.6 is 0 Å². The highest BCUT2D eigenvalue weighted by Gasteiger charge is 2.45. The smallest absolute Gasteiger partial charge is 0.248 e. The fraction of sp³-hybridized carbons (Fsp3) is 0.480. The molecule has 2 aromatic rings. The third kappa shape index (κ3) is 4.53. The van der Waals surface area contributed by atoms with Crippen LogP contribution in [0.4, 0.5) is 25.8 Å². The van der Waals surface area contributed by atoms with Crippen molar-refractivity contribution in [2.24, 2.45) is 5.92 Å². The number of aryl methyl sites for hydroxylation is 1. The van der Waals surface area contributed by atoms with Crippen molar-refractivity contribution in [2.75, 3.05) is 35.8 Å². The van der Waals surface area contributed by atoms with Gasteiger partial charge in [-0.1, -0.05) is 6.07 Å².